The van der Waals surface area contributed by atoms with Gasteiger partial charge in [-0.3, -0.25) is 5.41 Å². The smallest absolute Gasteiger partial charge is 0.177 e. The lowest BCUT2D eigenvalue weighted by Gasteiger charge is -2.07. The highest BCUT2D eigenvalue weighted by Crippen LogP contribution is 2.11. The molecule has 0 aromatic heterocycles. The number of hydrogen-bond acceptors (Lipinski definition) is 2. The average molecular weight is 207 g/mol. The van der Waals surface area contributed by atoms with Gasteiger partial charge in [-0.2, -0.15) is 0 Å². The van der Waals surface area contributed by atoms with Crippen LogP contribution in [0.3, 0.4) is 0 Å². The monoisotopic (exact) mass is 207 g/mol. The van der Waals surface area contributed by atoms with E-state index < -0.39 is 0 Å². The van der Waals surface area contributed by atoms with Crippen LogP contribution in [0, 0.1) is 19.3 Å². The Balaban J connectivity index is 0.000000921. The number of ether oxygens (including phenoxy) is 1. The van der Waals surface area contributed by atoms with Crippen molar-refractivity contribution in [2.45, 2.75) is 41.2 Å². The Morgan fingerprint density at radius 1 is 1.27 bits per heavy atom. The lowest BCUT2D eigenvalue weighted by molar-refractivity contribution is 0.286. The van der Waals surface area contributed by atoms with Crippen molar-refractivity contribution in [3.8, 4) is 0 Å². The molecule has 1 N–H and O–H groups in total. The van der Waals surface area contributed by atoms with Gasteiger partial charge in [0.1, 0.15) is 6.61 Å². The summed E-state index contributed by atoms with van der Waals surface area (Å²) in [6.07, 6.45) is 0. The summed E-state index contributed by atoms with van der Waals surface area (Å²) >= 11 is 0. The van der Waals surface area contributed by atoms with E-state index in [0.717, 1.165) is 5.56 Å². The summed E-state index contributed by atoms with van der Waals surface area (Å²) in [6, 6.07) is 6.25. The van der Waals surface area contributed by atoms with Crippen LogP contribution < -0.4 is 0 Å². The van der Waals surface area contributed by atoms with Crippen LogP contribution in [0.25, 0.3) is 0 Å². The summed E-state index contributed by atoms with van der Waals surface area (Å²) in [5.41, 5.74) is 3.60. The van der Waals surface area contributed by atoms with E-state index in [4.69, 9.17) is 10.1 Å². The van der Waals surface area contributed by atoms with Crippen LogP contribution in [0.2, 0.25) is 0 Å². The van der Waals surface area contributed by atoms with Crippen LogP contribution in [0.1, 0.15) is 37.5 Å². The zero-order valence-corrected chi connectivity index (χ0v) is 10.3. The van der Waals surface area contributed by atoms with Crippen LogP contribution in [-0.2, 0) is 11.3 Å². The molecule has 0 heterocycles. The molecule has 0 aliphatic carbocycles. The first-order valence-corrected chi connectivity index (χ1v) is 5.33. The van der Waals surface area contributed by atoms with E-state index in [2.05, 4.69) is 32.0 Å². The van der Waals surface area contributed by atoms with Crippen molar-refractivity contribution < 1.29 is 4.74 Å². The lowest BCUT2D eigenvalue weighted by Crippen LogP contribution is -1.99. The van der Waals surface area contributed by atoms with E-state index in [1.54, 1.807) is 6.92 Å². The highest BCUT2D eigenvalue weighted by Gasteiger charge is 1.99. The molecule has 1 aromatic rings. The van der Waals surface area contributed by atoms with Crippen molar-refractivity contribution in [2.75, 3.05) is 0 Å². The summed E-state index contributed by atoms with van der Waals surface area (Å²) < 4.78 is 5.15. The molecule has 0 saturated carbocycles. The molecule has 0 bridgehead atoms. The molecule has 0 radical (unpaired) electrons. The fourth-order valence-corrected chi connectivity index (χ4v) is 1.14. The van der Waals surface area contributed by atoms with Gasteiger partial charge in [0.2, 0.25) is 0 Å². The Hall–Kier alpha value is -1.31. The molecule has 1 aromatic carbocycles. The van der Waals surface area contributed by atoms with E-state index >= 15 is 0 Å². The van der Waals surface area contributed by atoms with E-state index in [-0.39, 0.29) is 5.90 Å². The summed E-state index contributed by atoms with van der Waals surface area (Å²) in [5.74, 6) is 0.265. The molecular formula is C13H21NO. The van der Waals surface area contributed by atoms with Gasteiger partial charge in [0.25, 0.3) is 0 Å². The van der Waals surface area contributed by atoms with Crippen LogP contribution in [-0.4, -0.2) is 5.90 Å². The van der Waals surface area contributed by atoms with Gasteiger partial charge in [0.15, 0.2) is 5.90 Å². The van der Waals surface area contributed by atoms with Crippen LogP contribution in [0.4, 0.5) is 0 Å². The maximum atomic E-state index is 7.15. The molecule has 15 heavy (non-hydrogen) atoms. The Morgan fingerprint density at radius 3 is 2.40 bits per heavy atom. The topological polar surface area (TPSA) is 33.1 Å². The third-order valence-corrected chi connectivity index (χ3v) is 1.95. The fourth-order valence-electron chi connectivity index (χ4n) is 1.14. The van der Waals surface area contributed by atoms with E-state index in [1.165, 1.54) is 11.1 Å². The molecule has 1 rings (SSSR count). The maximum absolute atomic E-state index is 7.15. The molecule has 0 atom stereocenters. The minimum Gasteiger partial charge on any atom is -0.477 e. The van der Waals surface area contributed by atoms with E-state index in [9.17, 15) is 0 Å². The van der Waals surface area contributed by atoms with Crippen molar-refractivity contribution in [3.63, 3.8) is 0 Å². The molecule has 2 heteroatoms. The second-order valence-corrected chi connectivity index (χ2v) is 3.27. The molecule has 0 aliphatic rings. The predicted octanol–water partition coefficient (Wildman–Crippen LogP) is 3.84. The van der Waals surface area contributed by atoms with Gasteiger partial charge in [0.05, 0.1) is 0 Å². The van der Waals surface area contributed by atoms with Gasteiger partial charge >= 0.3 is 0 Å². The first-order chi connectivity index (χ1) is 7.09. The predicted molar refractivity (Wildman–Crippen MR) is 65.5 cm³/mol. The van der Waals surface area contributed by atoms with Crippen LogP contribution in [0.5, 0.6) is 0 Å². The number of rotatable bonds is 2. The molecular weight excluding hydrogens is 186 g/mol. The highest BCUT2D eigenvalue weighted by atomic mass is 16.5. The van der Waals surface area contributed by atoms with Crippen LogP contribution >= 0.6 is 0 Å². The molecule has 0 fully saturated rings. The van der Waals surface area contributed by atoms with Crippen molar-refractivity contribution in [3.05, 3.63) is 34.9 Å². The SMILES string of the molecule is CC.CC(=N)OCc1cc(C)ccc1C. The average Bonchev–Trinajstić information content (AvgIpc) is 2.22. The fraction of sp³-hybridized carbons (Fsp3) is 0.462. The Kier molecular flexibility index (Phi) is 6.43. The number of benzene rings is 1. The normalized spacial score (nSPS) is 8.87. The standard InChI is InChI=1S/C11H15NO.C2H6/c1-8-4-5-9(2)11(6-8)7-13-10(3)12;1-2/h4-6,12H,7H2,1-3H3;1-2H3. The van der Waals surface area contributed by atoms with Gasteiger partial charge in [-0.05, 0) is 25.0 Å². The molecule has 0 amide bonds. The second kappa shape index (κ2) is 7.04. The molecule has 0 unspecified atom stereocenters. The minimum atomic E-state index is 0.265. The number of aryl methyl sites for hydroxylation is 2. The van der Waals surface area contributed by atoms with Crippen molar-refractivity contribution in [2.24, 2.45) is 0 Å². The van der Waals surface area contributed by atoms with Crippen molar-refractivity contribution in [1.29, 1.82) is 5.41 Å². The Labute approximate surface area is 92.8 Å². The van der Waals surface area contributed by atoms with Gasteiger partial charge in [-0.15, -0.1) is 0 Å². The van der Waals surface area contributed by atoms with Gasteiger partial charge in [0, 0.05) is 6.92 Å². The van der Waals surface area contributed by atoms with Gasteiger partial charge in [-0.1, -0.05) is 37.6 Å². The molecule has 0 spiro atoms. The zero-order valence-electron chi connectivity index (χ0n) is 10.3. The molecule has 0 aliphatic heterocycles. The minimum absolute atomic E-state index is 0.265. The van der Waals surface area contributed by atoms with Crippen molar-refractivity contribution >= 4 is 5.90 Å². The quantitative estimate of drug-likeness (QED) is 0.580. The summed E-state index contributed by atoms with van der Waals surface area (Å²) in [6.45, 7) is 10.3. The van der Waals surface area contributed by atoms with Crippen LogP contribution in [0.15, 0.2) is 18.2 Å². The number of hydrogen-bond donors (Lipinski definition) is 1. The van der Waals surface area contributed by atoms with Crippen molar-refractivity contribution in [1.82, 2.24) is 0 Å². The van der Waals surface area contributed by atoms with E-state index in [0.29, 0.717) is 6.61 Å². The zero-order chi connectivity index (χ0) is 11.8. The first kappa shape index (κ1) is 13.7. The first-order valence-electron chi connectivity index (χ1n) is 5.33. The third kappa shape index (κ3) is 5.21. The molecule has 84 valence electrons. The highest BCUT2D eigenvalue weighted by molar-refractivity contribution is 5.69. The Bertz CT molecular complexity index is 318. The summed E-state index contributed by atoms with van der Waals surface area (Å²) in [4.78, 5) is 0. The summed E-state index contributed by atoms with van der Waals surface area (Å²) in [7, 11) is 0. The second-order valence-electron chi connectivity index (χ2n) is 3.27. The Morgan fingerprint density at radius 2 is 1.87 bits per heavy atom. The molecule has 0 saturated heterocycles. The summed E-state index contributed by atoms with van der Waals surface area (Å²) in [5, 5.41) is 7.15. The maximum Gasteiger partial charge on any atom is 0.177 e. The van der Waals surface area contributed by atoms with Gasteiger partial charge < -0.3 is 4.74 Å². The lowest BCUT2D eigenvalue weighted by atomic mass is 10.1. The van der Waals surface area contributed by atoms with E-state index in [1.807, 2.05) is 13.8 Å². The number of nitrogens with one attached hydrogen (secondary N) is 1. The van der Waals surface area contributed by atoms with Gasteiger partial charge in [-0.25, -0.2) is 0 Å². The largest absolute Gasteiger partial charge is 0.477 e. The molecule has 2 nitrogen and oxygen atoms in total. The third-order valence-electron chi connectivity index (χ3n) is 1.95.